The average molecular weight is 422 g/mol. The van der Waals surface area contributed by atoms with Crippen molar-refractivity contribution in [3.05, 3.63) is 59.2 Å². The van der Waals surface area contributed by atoms with Crippen molar-refractivity contribution in [2.45, 2.75) is 44.1 Å². The summed E-state index contributed by atoms with van der Waals surface area (Å²) in [5.41, 5.74) is 1.59. The molecule has 0 aliphatic carbocycles. The lowest BCUT2D eigenvalue weighted by Gasteiger charge is -2.33. The van der Waals surface area contributed by atoms with Gasteiger partial charge in [0.05, 0.1) is 17.2 Å². The third kappa shape index (κ3) is 3.42. The van der Waals surface area contributed by atoms with E-state index in [0.29, 0.717) is 5.75 Å². The van der Waals surface area contributed by atoms with Gasteiger partial charge in [-0.3, -0.25) is 19.3 Å². The highest BCUT2D eigenvalue weighted by Gasteiger charge is 2.45. The predicted octanol–water partition coefficient (Wildman–Crippen LogP) is 1.65. The third-order valence-electron chi connectivity index (χ3n) is 6.01. The Morgan fingerprint density at radius 2 is 1.87 bits per heavy atom. The number of benzene rings is 2. The zero-order chi connectivity index (χ0) is 21.5. The van der Waals surface area contributed by atoms with Crippen molar-refractivity contribution in [3.63, 3.8) is 0 Å². The van der Waals surface area contributed by atoms with Crippen molar-refractivity contribution in [1.82, 2.24) is 10.2 Å². The molecule has 2 aromatic carbocycles. The molecule has 2 aromatic rings. The lowest BCUT2D eigenvalue weighted by Crippen LogP contribution is -2.57. The summed E-state index contributed by atoms with van der Waals surface area (Å²) in [6, 6.07) is 12.0. The van der Waals surface area contributed by atoms with Gasteiger partial charge < -0.3 is 19.9 Å². The molecule has 0 spiro atoms. The SMILES string of the molecule is O=C1CCC(N2C(=O)c3cccc(OCC4CCc5ccccc5O4)c3C2=O)C(O)N1. The molecular formula is C23H22N2O6. The van der Waals surface area contributed by atoms with E-state index in [9.17, 15) is 19.5 Å². The minimum atomic E-state index is -1.29. The van der Waals surface area contributed by atoms with E-state index < -0.39 is 24.1 Å². The number of aryl methyl sites for hydroxylation is 1. The lowest BCUT2D eigenvalue weighted by molar-refractivity contribution is -0.129. The van der Waals surface area contributed by atoms with Gasteiger partial charge >= 0.3 is 0 Å². The Balaban J connectivity index is 1.33. The molecule has 5 rings (SSSR count). The largest absolute Gasteiger partial charge is 0.489 e. The maximum absolute atomic E-state index is 13.1. The number of imide groups is 1. The molecule has 8 nitrogen and oxygen atoms in total. The Bertz CT molecular complexity index is 1070. The number of nitrogens with zero attached hydrogens (tertiary/aromatic N) is 1. The van der Waals surface area contributed by atoms with Crippen LogP contribution in [-0.2, 0) is 11.2 Å². The first kappa shape index (κ1) is 19.6. The monoisotopic (exact) mass is 422 g/mol. The number of fused-ring (bicyclic) bond motifs is 2. The predicted molar refractivity (Wildman–Crippen MR) is 109 cm³/mol. The number of hydrogen-bond acceptors (Lipinski definition) is 6. The third-order valence-corrected chi connectivity index (χ3v) is 6.01. The average Bonchev–Trinajstić information content (AvgIpc) is 3.03. The second-order valence-electron chi connectivity index (χ2n) is 7.97. The number of carbonyl (C=O) groups is 3. The van der Waals surface area contributed by atoms with Crippen LogP contribution in [0.3, 0.4) is 0 Å². The summed E-state index contributed by atoms with van der Waals surface area (Å²) in [6.07, 6.45) is 0.572. The Kier molecular flexibility index (Phi) is 4.86. The van der Waals surface area contributed by atoms with Crippen molar-refractivity contribution in [2.75, 3.05) is 6.61 Å². The van der Waals surface area contributed by atoms with E-state index in [1.54, 1.807) is 18.2 Å². The van der Waals surface area contributed by atoms with Crippen LogP contribution in [0.15, 0.2) is 42.5 Å². The van der Waals surface area contributed by atoms with Gasteiger partial charge in [0.2, 0.25) is 5.91 Å². The number of aliphatic hydroxyl groups is 1. The number of aliphatic hydroxyl groups excluding tert-OH is 1. The topological polar surface area (TPSA) is 105 Å². The van der Waals surface area contributed by atoms with Gasteiger partial charge in [-0.15, -0.1) is 0 Å². The van der Waals surface area contributed by atoms with Gasteiger partial charge in [-0.2, -0.15) is 0 Å². The van der Waals surface area contributed by atoms with Crippen LogP contribution in [0.1, 0.15) is 45.5 Å². The first-order chi connectivity index (χ1) is 15.0. The van der Waals surface area contributed by atoms with Crippen molar-refractivity contribution in [3.8, 4) is 11.5 Å². The zero-order valence-electron chi connectivity index (χ0n) is 16.7. The summed E-state index contributed by atoms with van der Waals surface area (Å²) in [7, 11) is 0. The van der Waals surface area contributed by atoms with Gasteiger partial charge in [-0.1, -0.05) is 24.3 Å². The van der Waals surface area contributed by atoms with Gasteiger partial charge in [0.15, 0.2) is 0 Å². The molecular weight excluding hydrogens is 400 g/mol. The van der Waals surface area contributed by atoms with Crippen LogP contribution in [0.4, 0.5) is 0 Å². The van der Waals surface area contributed by atoms with Crippen molar-refractivity contribution in [2.24, 2.45) is 0 Å². The number of piperidine rings is 1. The molecule has 2 N–H and O–H groups in total. The molecule has 0 bridgehead atoms. The molecule has 3 amide bonds. The van der Waals surface area contributed by atoms with Crippen LogP contribution >= 0.6 is 0 Å². The summed E-state index contributed by atoms with van der Waals surface area (Å²) < 4.78 is 11.9. The Labute approximate surface area is 178 Å². The summed E-state index contributed by atoms with van der Waals surface area (Å²) in [4.78, 5) is 38.6. The molecule has 3 aliphatic heterocycles. The van der Waals surface area contributed by atoms with Gasteiger partial charge in [-0.05, 0) is 43.0 Å². The van der Waals surface area contributed by atoms with Crippen molar-refractivity contribution >= 4 is 17.7 Å². The van der Waals surface area contributed by atoms with E-state index in [-0.39, 0.29) is 42.6 Å². The van der Waals surface area contributed by atoms with Crippen LogP contribution < -0.4 is 14.8 Å². The molecule has 0 saturated carbocycles. The molecule has 0 radical (unpaired) electrons. The first-order valence-corrected chi connectivity index (χ1v) is 10.4. The Morgan fingerprint density at radius 3 is 2.71 bits per heavy atom. The van der Waals surface area contributed by atoms with Crippen LogP contribution in [0.5, 0.6) is 11.5 Å². The van der Waals surface area contributed by atoms with Crippen LogP contribution in [-0.4, -0.2) is 52.7 Å². The van der Waals surface area contributed by atoms with E-state index in [1.807, 2.05) is 24.3 Å². The molecule has 3 heterocycles. The molecule has 0 aromatic heterocycles. The first-order valence-electron chi connectivity index (χ1n) is 10.4. The highest BCUT2D eigenvalue weighted by atomic mass is 16.5. The lowest BCUT2D eigenvalue weighted by atomic mass is 10.0. The molecule has 3 aliphatic rings. The number of amides is 3. The minimum absolute atomic E-state index is 0.138. The van der Waals surface area contributed by atoms with E-state index in [0.717, 1.165) is 29.1 Å². The molecule has 8 heteroatoms. The maximum atomic E-state index is 13.1. The number of nitrogens with one attached hydrogen (secondary N) is 1. The molecule has 160 valence electrons. The molecule has 3 atom stereocenters. The number of hydrogen-bond donors (Lipinski definition) is 2. The fraction of sp³-hybridized carbons (Fsp3) is 0.348. The highest BCUT2D eigenvalue weighted by Crippen LogP contribution is 2.35. The van der Waals surface area contributed by atoms with E-state index in [4.69, 9.17) is 9.47 Å². The summed E-state index contributed by atoms with van der Waals surface area (Å²) in [5.74, 6) is -0.167. The number of carbonyl (C=O) groups excluding carboxylic acids is 3. The standard InChI is InChI=1S/C23H22N2O6/c26-19-11-10-16(21(27)24-19)25-22(28)15-5-3-7-18(20(15)23(25)29)30-12-14-9-8-13-4-1-2-6-17(13)31-14/h1-7,14,16,21,27H,8-12H2,(H,24,26). The normalized spacial score (nSPS) is 24.9. The summed E-state index contributed by atoms with van der Waals surface area (Å²) in [5, 5.41) is 12.6. The van der Waals surface area contributed by atoms with E-state index in [2.05, 4.69) is 5.32 Å². The fourth-order valence-electron chi connectivity index (χ4n) is 4.41. The quantitative estimate of drug-likeness (QED) is 0.726. The molecule has 31 heavy (non-hydrogen) atoms. The Hall–Kier alpha value is -3.39. The number of para-hydroxylation sites is 1. The number of ether oxygens (including phenoxy) is 2. The van der Waals surface area contributed by atoms with Gasteiger partial charge in [0, 0.05) is 6.42 Å². The van der Waals surface area contributed by atoms with E-state index >= 15 is 0 Å². The van der Waals surface area contributed by atoms with Gasteiger partial charge in [-0.25, -0.2) is 0 Å². The minimum Gasteiger partial charge on any atom is -0.489 e. The second kappa shape index (κ2) is 7.70. The smallest absolute Gasteiger partial charge is 0.265 e. The van der Waals surface area contributed by atoms with Crippen LogP contribution in [0.2, 0.25) is 0 Å². The Morgan fingerprint density at radius 1 is 1.03 bits per heavy atom. The van der Waals surface area contributed by atoms with Gasteiger partial charge in [0.1, 0.15) is 30.4 Å². The maximum Gasteiger partial charge on any atom is 0.265 e. The fourth-order valence-corrected chi connectivity index (χ4v) is 4.41. The van der Waals surface area contributed by atoms with Crippen LogP contribution in [0, 0.1) is 0 Å². The van der Waals surface area contributed by atoms with Crippen molar-refractivity contribution < 1.29 is 29.0 Å². The summed E-state index contributed by atoms with van der Waals surface area (Å²) in [6.45, 7) is 0.244. The van der Waals surface area contributed by atoms with Crippen LogP contribution in [0.25, 0.3) is 0 Å². The van der Waals surface area contributed by atoms with Gasteiger partial charge in [0.25, 0.3) is 11.8 Å². The van der Waals surface area contributed by atoms with Crippen molar-refractivity contribution in [1.29, 1.82) is 0 Å². The molecule has 1 fully saturated rings. The molecule has 3 unspecified atom stereocenters. The summed E-state index contributed by atoms with van der Waals surface area (Å²) >= 11 is 0. The second-order valence-corrected chi connectivity index (χ2v) is 7.97. The number of rotatable bonds is 4. The zero-order valence-corrected chi connectivity index (χ0v) is 16.7. The molecule has 1 saturated heterocycles. The van der Waals surface area contributed by atoms with E-state index in [1.165, 1.54) is 0 Å². The highest BCUT2D eigenvalue weighted by molar-refractivity contribution is 6.23.